The average Bonchev–Trinajstić information content (AvgIpc) is 2.46. The molecule has 3 nitrogen and oxygen atoms in total. The van der Waals surface area contributed by atoms with Gasteiger partial charge < -0.3 is 5.32 Å². The summed E-state index contributed by atoms with van der Waals surface area (Å²) in [6.07, 6.45) is 0. The van der Waals surface area contributed by atoms with Crippen LogP contribution in [0.4, 0.5) is 0 Å². The van der Waals surface area contributed by atoms with Crippen molar-refractivity contribution in [3.63, 3.8) is 0 Å². The van der Waals surface area contributed by atoms with Gasteiger partial charge >= 0.3 is 0 Å². The molecule has 0 fully saturated rings. The topological polar surface area (TPSA) is 52.9 Å². The molecule has 1 N–H and O–H groups in total. The second-order valence-electron chi connectivity index (χ2n) is 3.85. The van der Waals surface area contributed by atoms with Crippen molar-refractivity contribution < 1.29 is 4.79 Å². The molecule has 0 saturated carbocycles. The van der Waals surface area contributed by atoms with E-state index >= 15 is 0 Å². The Morgan fingerprint density at radius 2 is 1.83 bits per heavy atom. The zero-order valence-electron chi connectivity index (χ0n) is 9.97. The zero-order chi connectivity index (χ0) is 13.0. The summed E-state index contributed by atoms with van der Waals surface area (Å²) < 4.78 is 0. The number of carbonyl (C=O) groups excluding carboxylic acids is 1. The van der Waals surface area contributed by atoms with Crippen LogP contribution in [0.15, 0.2) is 48.5 Å². The number of rotatable bonds is 2. The molecule has 3 heteroatoms. The fourth-order valence-electron chi connectivity index (χ4n) is 1.72. The van der Waals surface area contributed by atoms with Gasteiger partial charge in [0.1, 0.15) is 0 Å². The average molecular weight is 236 g/mol. The van der Waals surface area contributed by atoms with E-state index in [1.54, 1.807) is 25.2 Å². The Morgan fingerprint density at radius 1 is 1.11 bits per heavy atom. The maximum atomic E-state index is 11.5. The molecule has 0 unspecified atom stereocenters. The molecule has 1 amide bonds. The SMILES string of the molecule is CNC(=O)c1cccc(-c2ccc(C#N)cc2)c1. The van der Waals surface area contributed by atoms with Crippen LogP contribution in [0.1, 0.15) is 15.9 Å². The monoisotopic (exact) mass is 236 g/mol. The lowest BCUT2D eigenvalue weighted by Crippen LogP contribution is -2.17. The molecule has 0 bridgehead atoms. The second kappa shape index (κ2) is 5.15. The van der Waals surface area contributed by atoms with Crippen LogP contribution in [0.2, 0.25) is 0 Å². The third-order valence-corrected chi connectivity index (χ3v) is 2.70. The molecule has 88 valence electrons. The van der Waals surface area contributed by atoms with Gasteiger partial charge in [-0.25, -0.2) is 0 Å². The first-order valence-electron chi connectivity index (χ1n) is 5.57. The fourth-order valence-corrected chi connectivity index (χ4v) is 1.72. The molecule has 18 heavy (non-hydrogen) atoms. The van der Waals surface area contributed by atoms with Crippen molar-refractivity contribution in [2.24, 2.45) is 0 Å². The Hall–Kier alpha value is -2.60. The molecule has 2 rings (SSSR count). The number of hydrogen-bond acceptors (Lipinski definition) is 2. The molecular weight excluding hydrogens is 224 g/mol. The number of nitrogens with zero attached hydrogens (tertiary/aromatic N) is 1. The van der Waals surface area contributed by atoms with Gasteiger partial charge in [-0.2, -0.15) is 5.26 Å². The fraction of sp³-hybridized carbons (Fsp3) is 0.0667. The van der Waals surface area contributed by atoms with Gasteiger partial charge in [0.2, 0.25) is 0 Å². The Bertz CT molecular complexity index is 609. The van der Waals surface area contributed by atoms with E-state index < -0.39 is 0 Å². The van der Waals surface area contributed by atoms with Gasteiger partial charge in [0.25, 0.3) is 5.91 Å². The first kappa shape index (κ1) is 11.9. The lowest BCUT2D eigenvalue weighted by Gasteiger charge is -2.04. The highest BCUT2D eigenvalue weighted by Gasteiger charge is 2.04. The Labute approximate surface area is 106 Å². The predicted molar refractivity (Wildman–Crippen MR) is 70.0 cm³/mol. The number of benzene rings is 2. The molecular formula is C15H12N2O. The summed E-state index contributed by atoms with van der Waals surface area (Å²) in [5, 5.41) is 11.3. The van der Waals surface area contributed by atoms with Crippen LogP contribution < -0.4 is 5.32 Å². The molecule has 2 aromatic rings. The van der Waals surface area contributed by atoms with Crippen molar-refractivity contribution in [3.8, 4) is 17.2 Å². The Kier molecular flexibility index (Phi) is 3.40. The second-order valence-corrected chi connectivity index (χ2v) is 3.85. The van der Waals surface area contributed by atoms with Crippen LogP contribution in [0.5, 0.6) is 0 Å². The van der Waals surface area contributed by atoms with Gasteiger partial charge in [-0.05, 0) is 35.4 Å². The maximum Gasteiger partial charge on any atom is 0.251 e. The van der Waals surface area contributed by atoms with Gasteiger partial charge in [0.05, 0.1) is 11.6 Å². The highest BCUT2D eigenvalue weighted by Crippen LogP contribution is 2.20. The molecule has 0 aliphatic carbocycles. The molecule has 0 aliphatic rings. The van der Waals surface area contributed by atoms with Crippen molar-refractivity contribution in [3.05, 3.63) is 59.7 Å². The summed E-state index contributed by atoms with van der Waals surface area (Å²) in [7, 11) is 1.61. The van der Waals surface area contributed by atoms with Gasteiger partial charge in [0, 0.05) is 12.6 Å². The van der Waals surface area contributed by atoms with E-state index in [1.165, 1.54) is 0 Å². The minimum atomic E-state index is -0.106. The van der Waals surface area contributed by atoms with Gasteiger partial charge in [0.15, 0.2) is 0 Å². The Morgan fingerprint density at radius 3 is 2.44 bits per heavy atom. The number of nitriles is 1. The summed E-state index contributed by atoms with van der Waals surface area (Å²) in [4.78, 5) is 11.5. The number of carbonyl (C=O) groups is 1. The van der Waals surface area contributed by atoms with Crippen molar-refractivity contribution in [2.75, 3.05) is 7.05 Å². The van der Waals surface area contributed by atoms with Crippen molar-refractivity contribution in [1.82, 2.24) is 5.32 Å². The van der Waals surface area contributed by atoms with Crippen LogP contribution in [-0.4, -0.2) is 13.0 Å². The molecule has 2 aromatic carbocycles. The van der Waals surface area contributed by atoms with E-state index in [0.29, 0.717) is 11.1 Å². The minimum Gasteiger partial charge on any atom is -0.355 e. The number of amides is 1. The van der Waals surface area contributed by atoms with Gasteiger partial charge in [-0.3, -0.25) is 4.79 Å². The lowest BCUT2D eigenvalue weighted by atomic mass is 10.0. The number of hydrogen-bond donors (Lipinski definition) is 1. The molecule has 0 saturated heterocycles. The highest BCUT2D eigenvalue weighted by molar-refractivity contribution is 5.95. The van der Waals surface area contributed by atoms with Crippen molar-refractivity contribution >= 4 is 5.91 Å². The van der Waals surface area contributed by atoms with Crippen LogP contribution in [0, 0.1) is 11.3 Å². The standard InChI is InChI=1S/C15H12N2O/c1-17-15(18)14-4-2-3-13(9-14)12-7-5-11(10-16)6-8-12/h2-9H,1H3,(H,17,18). The highest BCUT2D eigenvalue weighted by atomic mass is 16.1. The van der Waals surface area contributed by atoms with E-state index in [-0.39, 0.29) is 5.91 Å². The summed E-state index contributed by atoms with van der Waals surface area (Å²) in [5.41, 5.74) is 3.20. The summed E-state index contributed by atoms with van der Waals surface area (Å²) >= 11 is 0. The van der Waals surface area contributed by atoms with E-state index in [9.17, 15) is 4.79 Å². The number of nitrogens with one attached hydrogen (secondary N) is 1. The van der Waals surface area contributed by atoms with Gasteiger partial charge in [-0.15, -0.1) is 0 Å². The summed E-state index contributed by atoms with van der Waals surface area (Å²) in [5.74, 6) is -0.106. The zero-order valence-corrected chi connectivity index (χ0v) is 9.97. The first-order valence-corrected chi connectivity index (χ1v) is 5.57. The summed E-state index contributed by atoms with van der Waals surface area (Å²) in [6, 6.07) is 16.8. The maximum absolute atomic E-state index is 11.5. The van der Waals surface area contributed by atoms with E-state index in [1.807, 2.05) is 30.3 Å². The van der Waals surface area contributed by atoms with Crippen molar-refractivity contribution in [2.45, 2.75) is 0 Å². The van der Waals surface area contributed by atoms with Crippen LogP contribution in [-0.2, 0) is 0 Å². The molecule has 0 atom stereocenters. The predicted octanol–water partition coefficient (Wildman–Crippen LogP) is 2.58. The quantitative estimate of drug-likeness (QED) is 0.871. The Balaban J connectivity index is 2.38. The largest absolute Gasteiger partial charge is 0.355 e. The minimum absolute atomic E-state index is 0.106. The van der Waals surface area contributed by atoms with E-state index in [0.717, 1.165) is 11.1 Å². The van der Waals surface area contributed by atoms with E-state index in [4.69, 9.17) is 5.26 Å². The van der Waals surface area contributed by atoms with E-state index in [2.05, 4.69) is 11.4 Å². The van der Waals surface area contributed by atoms with Crippen LogP contribution >= 0.6 is 0 Å². The third-order valence-electron chi connectivity index (χ3n) is 2.70. The first-order chi connectivity index (χ1) is 8.74. The molecule has 0 spiro atoms. The van der Waals surface area contributed by atoms with Gasteiger partial charge in [-0.1, -0.05) is 24.3 Å². The summed E-state index contributed by atoms with van der Waals surface area (Å²) in [6.45, 7) is 0. The molecule has 0 radical (unpaired) electrons. The van der Waals surface area contributed by atoms with Crippen molar-refractivity contribution in [1.29, 1.82) is 5.26 Å². The van der Waals surface area contributed by atoms with Crippen LogP contribution in [0.3, 0.4) is 0 Å². The molecule has 0 aromatic heterocycles. The third kappa shape index (κ3) is 2.38. The van der Waals surface area contributed by atoms with Crippen LogP contribution in [0.25, 0.3) is 11.1 Å². The smallest absolute Gasteiger partial charge is 0.251 e. The lowest BCUT2D eigenvalue weighted by molar-refractivity contribution is 0.0963. The molecule has 0 heterocycles. The molecule has 0 aliphatic heterocycles. The normalized spacial score (nSPS) is 9.56.